The van der Waals surface area contributed by atoms with E-state index in [9.17, 15) is 27.9 Å². The van der Waals surface area contributed by atoms with Gasteiger partial charge in [0.15, 0.2) is 0 Å². The molecule has 1 aliphatic heterocycles. The molecule has 2 aromatic carbocycles. The molecule has 3 aromatic rings. The van der Waals surface area contributed by atoms with Gasteiger partial charge in [0.25, 0.3) is 11.5 Å². The maximum atomic E-state index is 13.2. The van der Waals surface area contributed by atoms with Crippen molar-refractivity contribution >= 4 is 17.3 Å². The van der Waals surface area contributed by atoms with Crippen LogP contribution < -0.4 is 16.6 Å². The van der Waals surface area contributed by atoms with Gasteiger partial charge in [-0.05, 0) is 66.6 Å². The molecule has 0 saturated heterocycles. The number of benzene rings is 2. The second kappa shape index (κ2) is 9.94. The lowest BCUT2D eigenvalue weighted by Crippen LogP contribution is -2.31. The molecule has 192 valence electrons. The second-order valence-electron chi connectivity index (χ2n) is 8.56. The Kier molecular flexibility index (Phi) is 6.90. The van der Waals surface area contributed by atoms with E-state index >= 15 is 0 Å². The molecule has 0 spiro atoms. The van der Waals surface area contributed by atoms with Gasteiger partial charge in [0.2, 0.25) is 0 Å². The topological polar surface area (TPSA) is 113 Å². The Bertz CT molecular complexity index is 1460. The van der Waals surface area contributed by atoms with Crippen LogP contribution in [0.2, 0.25) is 0 Å². The summed E-state index contributed by atoms with van der Waals surface area (Å²) < 4.78 is 40.5. The van der Waals surface area contributed by atoms with Gasteiger partial charge in [-0.15, -0.1) is 0 Å². The molecule has 4 rings (SSSR count). The van der Waals surface area contributed by atoms with E-state index < -0.39 is 35.5 Å². The van der Waals surface area contributed by atoms with Crippen molar-refractivity contribution < 1.29 is 23.1 Å². The fraction of sp³-hybridized carbons (Fsp3) is 0.192. The number of likely N-dealkylation sites (N-methyl/N-ethyl adjacent to an activating group) is 1. The standard InChI is InChI=1S/C26H24F3N5O3/c1-15(17-11-18(26(27,28)29)14-19(30)12-17)31-25(37)21-9-10-24(36)34(32-21)20-6-3-5-16(13-20)22-7-4-8-23(35)33(22)2/h3-15,23,35H,30H2,1-2H3,(H,31,37)/t15-,23?/m1/s1. The van der Waals surface area contributed by atoms with E-state index in [1.165, 1.54) is 25.1 Å². The van der Waals surface area contributed by atoms with Gasteiger partial charge in [0.1, 0.15) is 11.9 Å². The number of rotatable bonds is 5. The summed E-state index contributed by atoms with van der Waals surface area (Å²) in [6, 6.07) is 11.5. The number of nitrogens with zero attached hydrogens (tertiary/aromatic N) is 3. The Morgan fingerprint density at radius 2 is 1.92 bits per heavy atom. The van der Waals surface area contributed by atoms with Crippen LogP contribution in [-0.2, 0) is 6.18 Å². The first-order valence-electron chi connectivity index (χ1n) is 11.2. The normalized spacial score (nSPS) is 16.3. The van der Waals surface area contributed by atoms with Crippen LogP contribution in [-0.4, -0.2) is 39.0 Å². The SMILES string of the molecule is C[C@@H](NC(=O)c1ccc(=O)n(-c2cccc(C3=CC=CC(O)N3C)c2)n1)c1cc(N)cc(C(F)(F)F)c1. The number of amides is 1. The van der Waals surface area contributed by atoms with Crippen molar-refractivity contribution in [3.8, 4) is 5.69 Å². The number of alkyl halides is 3. The number of nitrogens with two attached hydrogens (primary N) is 1. The Morgan fingerprint density at radius 3 is 2.65 bits per heavy atom. The number of aliphatic hydroxyl groups is 1. The number of hydrogen-bond acceptors (Lipinski definition) is 6. The molecule has 0 saturated carbocycles. The molecule has 0 aliphatic carbocycles. The molecule has 1 aliphatic rings. The van der Waals surface area contributed by atoms with Crippen molar-refractivity contribution in [1.82, 2.24) is 20.0 Å². The van der Waals surface area contributed by atoms with Gasteiger partial charge >= 0.3 is 6.18 Å². The van der Waals surface area contributed by atoms with Crippen LogP contribution in [0, 0.1) is 0 Å². The van der Waals surface area contributed by atoms with Crippen molar-refractivity contribution in [3.63, 3.8) is 0 Å². The highest BCUT2D eigenvalue weighted by Crippen LogP contribution is 2.32. The minimum atomic E-state index is -4.59. The summed E-state index contributed by atoms with van der Waals surface area (Å²) >= 11 is 0. The summed E-state index contributed by atoms with van der Waals surface area (Å²) in [6.07, 6.45) is -0.229. The molecule has 37 heavy (non-hydrogen) atoms. The van der Waals surface area contributed by atoms with E-state index in [0.29, 0.717) is 16.9 Å². The number of aliphatic hydroxyl groups excluding tert-OH is 1. The molecule has 8 nitrogen and oxygen atoms in total. The average Bonchev–Trinajstić information content (AvgIpc) is 2.85. The van der Waals surface area contributed by atoms with Crippen LogP contribution in [0.4, 0.5) is 18.9 Å². The predicted octanol–water partition coefficient (Wildman–Crippen LogP) is 3.49. The van der Waals surface area contributed by atoms with Gasteiger partial charge in [-0.3, -0.25) is 9.59 Å². The van der Waals surface area contributed by atoms with Crippen molar-refractivity contribution in [2.24, 2.45) is 0 Å². The first-order chi connectivity index (χ1) is 17.4. The van der Waals surface area contributed by atoms with Crippen molar-refractivity contribution in [2.75, 3.05) is 12.8 Å². The zero-order valence-corrected chi connectivity index (χ0v) is 19.9. The number of carbonyl (C=O) groups excluding carboxylic acids is 1. The third-order valence-electron chi connectivity index (χ3n) is 5.89. The van der Waals surface area contributed by atoms with Gasteiger partial charge < -0.3 is 21.1 Å². The first-order valence-corrected chi connectivity index (χ1v) is 11.2. The molecular formula is C26H24F3N5O3. The maximum absolute atomic E-state index is 13.2. The molecule has 4 N–H and O–H groups in total. The van der Waals surface area contributed by atoms with E-state index in [-0.39, 0.29) is 16.9 Å². The van der Waals surface area contributed by atoms with Gasteiger partial charge in [-0.2, -0.15) is 23.0 Å². The van der Waals surface area contributed by atoms with Crippen LogP contribution in [0.25, 0.3) is 11.4 Å². The fourth-order valence-corrected chi connectivity index (χ4v) is 3.89. The number of anilines is 1. The van der Waals surface area contributed by atoms with E-state index in [1.807, 2.05) is 12.1 Å². The van der Waals surface area contributed by atoms with E-state index in [1.54, 1.807) is 42.3 Å². The Labute approximate surface area is 210 Å². The van der Waals surface area contributed by atoms with Crippen molar-refractivity contribution in [2.45, 2.75) is 25.4 Å². The van der Waals surface area contributed by atoms with Crippen LogP contribution in [0.15, 0.2) is 77.6 Å². The first kappa shape index (κ1) is 25.7. The zero-order valence-electron chi connectivity index (χ0n) is 19.9. The Morgan fingerprint density at radius 1 is 1.16 bits per heavy atom. The molecule has 11 heteroatoms. The lowest BCUT2D eigenvalue weighted by atomic mass is 10.0. The summed E-state index contributed by atoms with van der Waals surface area (Å²) in [6.45, 7) is 1.52. The third kappa shape index (κ3) is 5.56. The largest absolute Gasteiger partial charge is 0.416 e. The molecule has 1 amide bonds. The van der Waals surface area contributed by atoms with Crippen molar-refractivity contribution in [1.29, 1.82) is 0 Å². The minimum absolute atomic E-state index is 0.0841. The second-order valence-corrected chi connectivity index (χ2v) is 8.56. The van der Waals surface area contributed by atoms with Crippen LogP contribution >= 0.6 is 0 Å². The molecule has 0 bridgehead atoms. The molecule has 0 fully saturated rings. The number of allylic oxidation sites excluding steroid dienone is 2. The number of hydrogen-bond donors (Lipinski definition) is 3. The molecule has 2 heterocycles. The van der Waals surface area contributed by atoms with Crippen molar-refractivity contribution in [3.05, 3.63) is 106 Å². The van der Waals surface area contributed by atoms with Gasteiger partial charge in [-0.1, -0.05) is 18.2 Å². The zero-order chi connectivity index (χ0) is 26.9. The summed E-state index contributed by atoms with van der Waals surface area (Å²) in [5.41, 5.74) is 6.01. The van der Waals surface area contributed by atoms with Crippen LogP contribution in [0.3, 0.4) is 0 Å². The lowest BCUT2D eigenvalue weighted by molar-refractivity contribution is -0.137. The molecular weight excluding hydrogens is 487 g/mol. The number of nitrogens with one attached hydrogen (secondary N) is 1. The minimum Gasteiger partial charge on any atom is -0.399 e. The summed E-state index contributed by atoms with van der Waals surface area (Å²) in [7, 11) is 1.72. The van der Waals surface area contributed by atoms with E-state index in [2.05, 4.69) is 10.4 Å². The summed E-state index contributed by atoms with van der Waals surface area (Å²) in [5, 5.41) is 16.9. The average molecular weight is 512 g/mol. The molecule has 1 aromatic heterocycles. The highest BCUT2D eigenvalue weighted by Gasteiger charge is 2.31. The number of halogens is 3. The Balaban J connectivity index is 1.61. The van der Waals surface area contributed by atoms with Gasteiger partial charge in [0, 0.05) is 24.5 Å². The van der Waals surface area contributed by atoms with E-state index in [0.717, 1.165) is 16.8 Å². The maximum Gasteiger partial charge on any atom is 0.416 e. The third-order valence-corrected chi connectivity index (χ3v) is 5.89. The smallest absolute Gasteiger partial charge is 0.399 e. The van der Waals surface area contributed by atoms with E-state index in [4.69, 9.17) is 5.73 Å². The predicted molar refractivity (Wildman–Crippen MR) is 132 cm³/mol. The number of aromatic nitrogens is 2. The molecule has 1 unspecified atom stereocenters. The van der Waals surface area contributed by atoms with Crippen LogP contribution in [0.5, 0.6) is 0 Å². The fourth-order valence-electron chi connectivity index (χ4n) is 3.89. The number of nitrogen functional groups attached to an aromatic ring is 1. The van der Waals surface area contributed by atoms with Gasteiger partial charge in [0.05, 0.1) is 17.3 Å². The summed E-state index contributed by atoms with van der Waals surface area (Å²) in [5.74, 6) is -0.684. The lowest BCUT2D eigenvalue weighted by Gasteiger charge is -2.28. The number of carbonyl (C=O) groups is 1. The highest BCUT2D eigenvalue weighted by molar-refractivity contribution is 5.92. The van der Waals surface area contributed by atoms with Gasteiger partial charge in [-0.25, -0.2) is 0 Å². The molecule has 0 radical (unpaired) electrons. The quantitative estimate of drug-likeness (QED) is 0.452. The Hall–Kier alpha value is -4.38. The molecule has 2 atom stereocenters. The van der Waals surface area contributed by atoms with Crippen LogP contribution in [0.1, 0.15) is 40.1 Å². The summed E-state index contributed by atoms with van der Waals surface area (Å²) in [4.78, 5) is 27.1. The highest BCUT2D eigenvalue weighted by atomic mass is 19.4. The monoisotopic (exact) mass is 511 g/mol.